The van der Waals surface area contributed by atoms with E-state index in [1.54, 1.807) is 0 Å². The van der Waals surface area contributed by atoms with E-state index in [1.807, 2.05) is 0 Å². The first-order valence-corrected chi connectivity index (χ1v) is 2.48. The minimum atomic E-state index is 0.473. The first-order chi connectivity index (χ1) is 3.30. The third-order valence-electron chi connectivity index (χ3n) is 0.635. The highest BCUT2D eigenvalue weighted by molar-refractivity contribution is 6.33. The van der Waals surface area contributed by atoms with Crippen LogP contribution >= 0.6 is 23.4 Å². The van der Waals surface area contributed by atoms with Gasteiger partial charge in [0.25, 0.3) is 0 Å². The Hall–Kier alpha value is -0.0800. The lowest BCUT2D eigenvalue weighted by atomic mass is 11.0. The Morgan fingerprint density at radius 1 is 1.86 bits per heavy atom. The summed E-state index contributed by atoms with van der Waals surface area (Å²) < 4.78 is 1.33. The van der Waals surface area contributed by atoms with Crippen LogP contribution in [0.1, 0.15) is 0 Å². The van der Waals surface area contributed by atoms with Crippen molar-refractivity contribution < 1.29 is 0 Å². The monoisotopic (exact) mass is 137 g/mol. The van der Waals surface area contributed by atoms with E-state index >= 15 is 0 Å². The lowest BCUT2D eigenvalue weighted by molar-refractivity contribution is 0.600. The molecule has 0 aromatic rings. The van der Waals surface area contributed by atoms with Crippen LogP contribution in [-0.2, 0) is 0 Å². The van der Waals surface area contributed by atoms with Gasteiger partial charge in [-0.3, -0.25) is 9.74 Å². The third kappa shape index (κ3) is 0.924. The van der Waals surface area contributed by atoms with Crippen LogP contribution in [-0.4, -0.2) is 11.1 Å². The maximum Gasteiger partial charge on any atom is 0.139 e. The molecule has 0 amide bonds. The fourth-order valence-corrected chi connectivity index (χ4v) is 0.546. The summed E-state index contributed by atoms with van der Waals surface area (Å²) in [5.74, 6) is 0. The molecule has 39 valence electrons. The second kappa shape index (κ2) is 1.80. The first kappa shape index (κ1) is 5.06. The van der Waals surface area contributed by atoms with Gasteiger partial charge in [-0.15, -0.1) is 0 Å². The quantitative estimate of drug-likeness (QED) is 0.361. The second-order valence-corrected chi connectivity index (χ2v) is 1.93. The molecule has 0 atom stereocenters. The van der Waals surface area contributed by atoms with Gasteiger partial charge >= 0.3 is 0 Å². The van der Waals surface area contributed by atoms with Gasteiger partial charge in [0.05, 0.1) is 6.20 Å². The van der Waals surface area contributed by atoms with Crippen molar-refractivity contribution in [3.05, 3.63) is 11.4 Å². The predicted octanol–water partition coefficient (Wildman–Crippen LogP) is 1.06. The van der Waals surface area contributed by atoms with Crippen molar-refractivity contribution in [1.82, 2.24) is 9.74 Å². The molecule has 0 aromatic heterocycles. The number of halogens is 2. The fraction of sp³-hybridized carbons (Fsp3) is 0.333. The molecule has 0 aliphatic carbocycles. The largest absolute Gasteiger partial charge is 0.267 e. The molecule has 0 aromatic carbocycles. The number of rotatable bonds is 0. The van der Waals surface area contributed by atoms with Gasteiger partial charge in [0, 0.05) is 11.8 Å². The molecule has 0 saturated carbocycles. The highest BCUT2D eigenvalue weighted by Crippen LogP contribution is 2.14. The minimum absolute atomic E-state index is 0.473. The van der Waals surface area contributed by atoms with E-state index in [0.29, 0.717) is 11.8 Å². The predicted molar refractivity (Wildman–Crippen MR) is 28.6 cm³/mol. The highest BCUT2D eigenvalue weighted by atomic mass is 35.5. The summed E-state index contributed by atoms with van der Waals surface area (Å²) in [7, 11) is 0. The molecule has 0 saturated heterocycles. The molecule has 0 bridgehead atoms. The first-order valence-electron chi connectivity index (χ1n) is 1.76. The molecule has 2 nitrogen and oxygen atoms in total. The summed E-state index contributed by atoms with van der Waals surface area (Å²) in [5, 5.41) is 4.23. The molecular formula is C3H3Cl2N2. The second-order valence-electron chi connectivity index (χ2n) is 1.14. The number of hydrogen-bond acceptors (Lipinski definition) is 1. The highest BCUT2D eigenvalue weighted by Gasteiger charge is 2.08. The smallest absolute Gasteiger partial charge is 0.139 e. The normalized spacial score (nSPS) is 19.1. The third-order valence-corrected chi connectivity index (χ3v) is 1.31. The van der Waals surface area contributed by atoms with Gasteiger partial charge in [-0.05, 0) is 0 Å². The van der Waals surface area contributed by atoms with Gasteiger partial charge < -0.3 is 0 Å². The zero-order chi connectivity index (χ0) is 5.28. The van der Waals surface area contributed by atoms with Crippen LogP contribution in [0.3, 0.4) is 0 Å². The van der Waals surface area contributed by atoms with Crippen LogP contribution in [0.2, 0.25) is 0 Å². The van der Waals surface area contributed by atoms with Crippen molar-refractivity contribution in [2.75, 3.05) is 6.67 Å². The van der Waals surface area contributed by atoms with Gasteiger partial charge in [-0.2, -0.15) is 0 Å². The maximum atomic E-state index is 5.42. The van der Waals surface area contributed by atoms with Crippen molar-refractivity contribution >= 4 is 23.4 Å². The Balaban J connectivity index is 2.54. The van der Waals surface area contributed by atoms with Crippen molar-refractivity contribution in [2.24, 2.45) is 0 Å². The molecule has 4 heteroatoms. The van der Waals surface area contributed by atoms with Crippen LogP contribution in [0.15, 0.2) is 11.4 Å². The minimum Gasteiger partial charge on any atom is -0.267 e. The zero-order valence-electron chi connectivity index (χ0n) is 3.43. The Morgan fingerprint density at radius 3 is 2.71 bits per heavy atom. The van der Waals surface area contributed by atoms with Crippen molar-refractivity contribution in [1.29, 1.82) is 0 Å². The summed E-state index contributed by atoms with van der Waals surface area (Å²) in [6.45, 7) is 0.473. The fourth-order valence-electron chi connectivity index (χ4n) is 0.318. The van der Waals surface area contributed by atoms with Crippen LogP contribution in [0.5, 0.6) is 0 Å². The molecule has 1 rings (SSSR count). The van der Waals surface area contributed by atoms with Gasteiger partial charge in [-0.1, -0.05) is 11.6 Å². The van der Waals surface area contributed by atoms with E-state index < -0.39 is 0 Å². The molecular weight excluding hydrogens is 135 g/mol. The van der Waals surface area contributed by atoms with E-state index in [4.69, 9.17) is 23.4 Å². The van der Waals surface area contributed by atoms with Gasteiger partial charge in [0.1, 0.15) is 11.8 Å². The molecule has 1 aliphatic rings. The Bertz CT molecular complexity index is 101. The lowest BCUT2D eigenvalue weighted by Crippen LogP contribution is -2.06. The van der Waals surface area contributed by atoms with Gasteiger partial charge in [0.15, 0.2) is 0 Å². The average molecular weight is 138 g/mol. The van der Waals surface area contributed by atoms with Crippen molar-refractivity contribution in [2.45, 2.75) is 0 Å². The molecule has 1 aliphatic heterocycles. The van der Waals surface area contributed by atoms with Gasteiger partial charge in [0.2, 0.25) is 0 Å². The van der Waals surface area contributed by atoms with Crippen LogP contribution in [0, 0.1) is 0 Å². The van der Waals surface area contributed by atoms with E-state index in [0.717, 1.165) is 0 Å². The average Bonchev–Trinajstić information content (AvgIpc) is 1.91. The van der Waals surface area contributed by atoms with Crippen LogP contribution < -0.4 is 5.32 Å². The Kier molecular flexibility index (Phi) is 1.30. The van der Waals surface area contributed by atoms with Gasteiger partial charge in [-0.25, -0.2) is 0 Å². The molecule has 1 heterocycles. The summed E-state index contributed by atoms with van der Waals surface area (Å²) in [6.07, 6.45) is 1.52. The number of nitrogens with zero attached hydrogens (tertiary/aromatic N) is 2. The maximum absolute atomic E-state index is 5.42. The SMILES string of the molecule is ClC1=C[N]CN1Cl. The molecule has 0 unspecified atom stereocenters. The summed E-state index contributed by atoms with van der Waals surface area (Å²) >= 11 is 10.8. The Labute approximate surface area is 51.8 Å². The van der Waals surface area contributed by atoms with E-state index in [1.165, 1.54) is 10.6 Å². The van der Waals surface area contributed by atoms with E-state index in [9.17, 15) is 0 Å². The zero-order valence-corrected chi connectivity index (χ0v) is 4.95. The molecule has 0 fully saturated rings. The molecule has 0 spiro atoms. The van der Waals surface area contributed by atoms with Crippen LogP contribution in [0.25, 0.3) is 0 Å². The van der Waals surface area contributed by atoms with E-state index in [2.05, 4.69) is 5.32 Å². The van der Waals surface area contributed by atoms with Crippen molar-refractivity contribution in [3.8, 4) is 0 Å². The lowest BCUT2D eigenvalue weighted by Gasteiger charge is -2.01. The van der Waals surface area contributed by atoms with Crippen LogP contribution in [0.4, 0.5) is 0 Å². The van der Waals surface area contributed by atoms with E-state index in [-0.39, 0.29) is 0 Å². The molecule has 7 heavy (non-hydrogen) atoms. The summed E-state index contributed by atoms with van der Waals surface area (Å²) in [6, 6.07) is 0. The number of hydrogen-bond donors (Lipinski definition) is 0. The summed E-state index contributed by atoms with van der Waals surface area (Å²) in [5.41, 5.74) is 0. The Morgan fingerprint density at radius 2 is 2.57 bits per heavy atom. The standard InChI is InChI=1S/C3H3Cl2N2/c4-3-1-6-2-7(3)5/h1H,2H2. The molecule has 1 radical (unpaired) electrons. The van der Waals surface area contributed by atoms with Crippen molar-refractivity contribution in [3.63, 3.8) is 0 Å². The molecule has 0 N–H and O–H groups in total. The summed E-state index contributed by atoms with van der Waals surface area (Å²) in [4.78, 5) is 0. The topological polar surface area (TPSA) is 17.3 Å².